The minimum Gasteiger partial charge on any atom is -0.497 e. The zero-order valence-corrected chi connectivity index (χ0v) is 15.0. The molecule has 4 rings (SSSR count). The van der Waals surface area contributed by atoms with Crippen molar-refractivity contribution in [3.8, 4) is 5.75 Å². The Hall–Kier alpha value is -3.22. The standard InChI is InChI=1S/C20H20N4O3/c1-27-15-8-6-14(7-9-15)12-24-18-16(3-2-10-21-18)23-17(20(24)26)19(25)22-11-13-4-5-13/h2-3,6-10,13H,4-5,11-12H2,1H3,(H,22,25). The van der Waals surface area contributed by atoms with E-state index < -0.39 is 11.5 Å². The summed E-state index contributed by atoms with van der Waals surface area (Å²) >= 11 is 0. The fourth-order valence-electron chi connectivity index (χ4n) is 2.93. The van der Waals surface area contributed by atoms with Gasteiger partial charge in [-0.25, -0.2) is 9.97 Å². The lowest BCUT2D eigenvalue weighted by atomic mass is 10.2. The van der Waals surface area contributed by atoms with Crippen LogP contribution in [0.5, 0.6) is 5.75 Å². The number of amides is 1. The van der Waals surface area contributed by atoms with Gasteiger partial charge in [-0.3, -0.25) is 14.2 Å². The number of nitrogens with zero attached hydrogens (tertiary/aromatic N) is 3. The summed E-state index contributed by atoms with van der Waals surface area (Å²) in [5.41, 5.74) is 1.34. The highest BCUT2D eigenvalue weighted by Crippen LogP contribution is 2.27. The monoisotopic (exact) mass is 364 g/mol. The van der Waals surface area contributed by atoms with Crippen LogP contribution in [0.3, 0.4) is 0 Å². The van der Waals surface area contributed by atoms with Gasteiger partial charge < -0.3 is 10.1 Å². The van der Waals surface area contributed by atoms with Gasteiger partial charge in [-0.2, -0.15) is 0 Å². The van der Waals surface area contributed by atoms with Crippen LogP contribution in [-0.2, 0) is 6.54 Å². The van der Waals surface area contributed by atoms with Crippen LogP contribution in [0.25, 0.3) is 11.2 Å². The van der Waals surface area contributed by atoms with Crippen LogP contribution >= 0.6 is 0 Å². The average Bonchev–Trinajstić information content (AvgIpc) is 3.53. The molecule has 0 saturated heterocycles. The van der Waals surface area contributed by atoms with Crippen molar-refractivity contribution in [2.24, 2.45) is 5.92 Å². The molecule has 1 N–H and O–H groups in total. The van der Waals surface area contributed by atoms with Crippen molar-refractivity contribution in [2.75, 3.05) is 13.7 Å². The van der Waals surface area contributed by atoms with Gasteiger partial charge in [-0.15, -0.1) is 0 Å². The smallest absolute Gasteiger partial charge is 0.284 e. The summed E-state index contributed by atoms with van der Waals surface area (Å²) in [5, 5.41) is 2.82. The Labute approximate surface area is 156 Å². The van der Waals surface area contributed by atoms with Crippen molar-refractivity contribution in [2.45, 2.75) is 19.4 Å². The summed E-state index contributed by atoms with van der Waals surface area (Å²) in [7, 11) is 1.60. The lowest BCUT2D eigenvalue weighted by Crippen LogP contribution is -2.36. The van der Waals surface area contributed by atoms with E-state index >= 15 is 0 Å². The molecule has 138 valence electrons. The molecule has 7 nitrogen and oxygen atoms in total. The second kappa shape index (κ2) is 7.19. The Balaban J connectivity index is 1.73. The van der Waals surface area contributed by atoms with Gasteiger partial charge in [0.15, 0.2) is 11.3 Å². The second-order valence-electron chi connectivity index (χ2n) is 6.70. The molecule has 1 aliphatic rings. The number of ether oxygens (including phenoxy) is 1. The van der Waals surface area contributed by atoms with Gasteiger partial charge in [0.2, 0.25) is 0 Å². The van der Waals surface area contributed by atoms with Crippen LogP contribution in [0.15, 0.2) is 47.4 Å². The van der Waals surface area contributed by atoms with Crippen LogP contribution in [0.1, 0.15) is 28.9 Å². The van der Waals surface area contributed by atoms with Crippen LogP contribution in [0.2, 0.25) is 0 Å². The van der Waals surface area contributed by atoms with Crippen molar-refractivity contribution >= 4 is 17.1 Å². The number of hydrogen-bond donors (Lipinski definition) is 1. The minimum atomic E-state index is -0.440. The zero-order valence-electron chi connectivity index (χ0n) is 15.0. The molecule has 0 bridgehead atoms. The van der Waals surface area contributed by atoms with Gasteiger partial charge in [-0.05, 0) is 48.6 Å². The Morgan fingerprint density at radius 2 is 2.04 bits per heavy atom. The number of carbonyl (C=O) groups excluding carboxylic acids is 1. The Bertz CT molecular complexity index is 1040. The van der Waals surface area contributed by atoms with Gasteiger partial charge in [-0.1, -0.05) is 12.1 Å². The maximum atomic E-state index is 13.0. The Morgan fingerprint density at radius 3 is 2.74 bits per heavy atom. The molecule has 1 amide bonds. The Morgan fingerprint density at radius 1 is 1.26 bits per heavy atom. The first-order valence-corrected chi connectivity index (χ1v) is 8.92. The van der Waals surface area contributed by atoms with E-state index in [0.29, 0.717) is 30.2 Å². The summed E-state index contributed by atoms with van der Waals surface area (Å²) in [5.74, 6) is 0.836. The summed E-state index contributed by atoms with van der Waals surface area (Å²) in [6.07, 6.45) is 3.86. The highest BCUT2D eigenvalue weighted by Gasteiger charge is 2.24. The van der Waals surface area contributed by atoms with E-state index in [-0.39, 0.29) is 5.69 Å². The molecule has 0 radical (unpaired) electrons. The van der Waals surface area contributed by atoms with Crippen molar-refractivity contribution < 1.29 is 9.53 Å². The summed E-state index contributed by atoms with van der Waals surface area (Å²) < 4.78 is 6.67. The summed E-state index contributed by atoms with van der Waals surface area (Å²) in [4.78, 5) is 34.1. The van der Waals surface area contributed by atoms with Crippen molar-refractivity contribution in [1.82, 2.24) is 19.9 Å². The number of aromatic nitrogens is 3. The molecule has 7 heteroatoms. The molecule has 2 heterocycles. The number of carbonyl (C=O) groups is 1. The topological polar surface area (TPSA) is 86.1 Å². The SMILES string of the molecule is COc1ccc(Cn2c(=O)c(C(=O)NCC3CC3)nc3cccnc32)cc1. The number of pyridine rings is 1. The molecular weight excluding hydrogens is 344 g/mol. The third-order valence-electron chi connectivity index (χ3n) is 4.66. The number of rotatable bonds is 6. The van der Waals surface area contributed by atoms with Crippen LogP contribution in [-0.4, -0.2) is 34.1 Å². The van der Waals surface area contributed by atoms with Gasteiger partial charge in [0, 0.05) is 12.7 Å². The average molecular weight is 364 g/mol. The van der Waals surface area contributed by atoms with Gasteiger partial charge in [0.1, 0.15) is 11.3 Å². The maximum Gasteiger partial charge on any atom is 0.284 e. The third kappa shape index (κ3) is 3.67. The number of hydrogen-bond acceptors (Lipinski definition) is 5. The zero-order chi connectivity index (χ0) is 18.8. The molecular formula is C20H20N4O3. The summed E-state index contributed by atoms with van der Waals surface area (Å²) in [6.45, 7) is 0.880. The number of methoxy groups -OCH3 is 1. The third-order valence-corrected chi connectivity index (χ3v) is 4.66. The lowest BCUT2D eigenvalue weighted by Gasteiger charge is -2.12. The van der Waals surface area contributed by atoms with E-state index in [1.165, 1.54) is 4.57 Å². The first-order chi connectivity index (χ1) is 13.2. The summed E-state index contributed by atoms with van der Waals surface area (Å²) in [6, 6.07) is 10.9. The minimum absolute atomic E-state index is 0.0929. The van der Waals surface area contributed by atoms with Gasteiger partial charge in [0.05, 0.1) is 13.7 Å². The normalized spacial score (nSPS) is 13.5. The number of benzene rings is 1. The quantitative estimate of drug-likeness (QED) is 0.723. The predicted octanol–water partition coefficient (Wildman–Crippen LogP) is 1.99. The van der Waals surface area contributed by atoms with Crippen molar-refractivity contribution in [1.29, 1.82) is 0 Å². The van der Waals surface area contributed by atoms with Crippen LogP contribution in [0.4, 0.5) is 0 Å². The van der Waals surface area contributed by atoms with E-state index in [9.17, 15) is 9.59 Å². The van der Waals surface area contributed by atoms with E-state index in [1.54, 1.807) is 25.4 Å². The van der Waals surface area contributed by atoms with Gasteiger partial charge in [0.25, 0.3) is 11.5 Å². The second-order valence-corrected chi connectivity index (χ2v) is 6.70. The van der Waals surface area contributed by atoms with E-state index in [2.05, 4.69) is 15.3 Å². The number of nitrogens with one attached hydrogen (secondary N) is 1. The molecule has 0 unspecified atom stereocenters. The molecule has 0 spiro atoms. The van der Waals surface area contributed by atoms with Gasteiger partial charge >= 0.3 is 0 Å². The molecule has 2 aromatic heterocycles. The molecule has 3 aromatic rings. The molecule has 1 aliphatic carbocycles. The molecule has 1 aromatic carbocycles. The first-order valence-electron chi connectivity index (χ1n) is 8.92. The predicted molar refractivity (Wildman–Crippen MR) is 101 cm³/mol. The molecule has 0 atom stereocenters. The van der Waals surface area contributed by atoms with Crippen molar-refractivity contribution in [3.63, 3.8) is 0 Å². The first kappa shape index (κ1) is 17.2. The molecule has 0 aliphatic heterocycles. The Kier molecular flexibility index (Phi) is 4.58. The van der Waals surface area contributed by atoms with Crippen molar-refractivity contribution in [3.05, 3.63) is 64.2 Å². The maximum absolute atomic E-state index is 13.0. The van der Waals surface area contributed by atoms with Crippen LogP contribution < -0.4 is 15.6 Å². The fraction of sp³-hybridized carbons (Fsp3) is 0.300. The van der Waals surface area contributed by atoms with E-state index in [4.69, 9.17) is 4.74 Å². The number of fused-ring (bicyclic) bond motifs is 1. The molecule has 27 heavy (non-hydrogen) atoms. The fourth-order valence-corrected chi connectivity index (χ4v) is 2.93. The largest absolute Gasteiger partial charge is 0.497 e. The molecule has 1 fully saturated rings. The van der Waals surface area contributed by atoms with E-state index in [0.717, 1.165) is 24.2 Å². The van der Waals surface area contributed by atoms with Crippen LogP contribution in [0, 0.1) is 5.92 Å². The lowest BCUT2D eigenvalue weighted by molar-refractivity contribution is 0.0945. The highest BCUT2D eigenvalue weighted by atomic mass is 16.5. The highest BCUT2D eigenvalue weighted by molar-refractivity contribution is 5.93. The molecule has 1 saturated carbocycles. The van der Waals surface area contributed by atoms with E-state index in [1.807, 2.05) is 24.3 Å².